The number of carboxylic acids is 1. The Morgan fingerprint density at radius 1 is 1.41 bits per heavy atom. The van der Waals surface area contributed by atoms with Crippen LogP contribution >= 0.6 is 11.6 Å². The van der Waals surface area contributed by atoms with Crippen LogP contribution in [0.1, 0.15) is 23.7 Å². The van der Waals surface area contributed by atoms with Crippen molar-refractivity contribution in [1.82, 2.24) is 9.88 Å². The average Bonchev–Trinajstić information content (AvgIpc) is 2.45. The molecule has 0 radical (unpaired) electrons. The Balaban J connectivity index is 2.25. The minimum Gasteiger partial charge on any atom is -0.481 e. The van der Waals surface area contributed by atoms with Crippen LogP contribution < -0.4 is 4.90 Å². The third-order valence-corrected chi connectivity index (χ3v) is 4.06. The molecule has 2 atom stereocenters. The topological polar surface area (TPSA) is 73.7 Å². The maximum Gasteiger partial charge on any atom is 0.308 e. The summed E-state index contributed by atoms with van der Waals surface area (Å²) < 4.78 is 0. The molecule has 1 fully saturated rings. The number of carboxylic acid groups (broad SMARTS) is 1. The smallest absolute Gasteiger partial charge is 0.308 e. The van der Waals surface area contributed by atoms with Crippen LogP contribution in [0.15, 0.2) is 12.3 Å². The lowest BCUT2D eigenvalue weighted by Gasteiger charge is -2.35. The number of carbonyl (C=O) groups is 2. The molecule has 0 saturated carbocycles. The minimum atomic E-state index is -0.799. The van der Waals surface area contributed by atoms with Gasteiger partial charge in [0.2, 0.25) is 0 Å². The van der Waals surface area contributed by atoms with Gasteiger partial charge in [-0.1, -0.05) is 18.5 Å². The second-order valence-electron chi connectivity index (χ2n) is 6.01. The van der Waals surface area contributed by atoms with Gasteiger partial charge in [-0.25, -0.2) is 4.98 Å². The maximum absolute atomic E-state index is 11.9. The highest BCUT2D eigenvalue weighted by atomic mass is 35.5. The van der Waals surface area contributed by atoms with Crippen molar-refractivity contribution in [2.24, 2.45) is 11.8 Å². The molecular weight excluding hydrogens is 306 g/mol. The van der Waals surface area contributed by atoms with E-state index in [0.29, 0.717) is 35.9 Å². The lowest BCUT2D eigenvalue weighted by atomic mass is 9.90. The van der Waals surface area contributed by atoms with E-state index in [1.165, 1.54) is 11.1 Å². The molecule has 2 heterocycles. The second-order valence-corrected chi connectivity index (χ2v) is 6.42. The van der Waals surface area contributed by atoms with Crippen molar-refractivity contribution in [3.63, 3.8) is 0 Å². The summed E-state index contributed by atoms with van der Waals surface area (Å²) >= 11 is 6.26. The molecule has 1 aromatic rings. The Labute approximate surface area is 134 Å². The number of aromatic nitrogens is 1. The minimum absolute atomic E-state index is 0.170. The summed E-state index contributed by atoms with van der Waals surface area (Å²) in [6.07, 6.45) is 2.14. The van der Waals surface area contributed by atoms with Gasteiger partial charge < -0.3 is 14.9 Å². The third-order valence-electron chi connectivity index (χ3n) is 3.78. The fraction of sp³-hybridized carbons (Fsp3) is 0.533. The van der Waals surface area contributed by atoms with E-state index in [9.17, 15) is 14.7 Å². The van der Waals surface area contributed by atoms with E-state index in [-0.39, 0.29) is 11.8 Å². The van der Waals surface area contributed by atoms with E-state index in [1.54, 1.807) is 20.2 Å². The van der Waals surface area contributed by atoms with Crippen molar-refractivity contribution in [3.8, 4) is 0 Å². The predicted octanol–water partition coefficient (Wildman–Crippen LogP) is 1.98. The summed E-state index contributed by atoms with van der Waals surface area (Å²) in [6, 6.07) is 1.58. The van der Waals surface area contributed by atoms with Crippen molar-refractivity contribution in [1.29, 1.82) is 0 Å². The van der Waals surface area contributed by atoms with Crippen LogP contribution in [0.2, 0.25) is 5.02 Å². The van der Waals surface area contributed by atoms with Crippen LogP contribution in [-0.2, 0) is 4.79 Å². The molecular formula is C15H20ClN3O3. The lowest BCUT2D eigenvalue weighted by molar-refractivity contribution is -0.142. The molecule has 1 N–H and O–H groups in total. The number of anilines is 1. The molecule has 0 aromatic carbocycles. The largest absolute Gasteiger partial charge is 0.481 e. The fourth-order valence-electron chi connectivity index (χ4n) is 2.74. The number of hydrogen-bond donors (Lipinski definition) is 1. The van der Waals surface area contributed by atoms with Crippen LogP contribution in [0.3, 0.4) is 0 Å². The predicted molar refractivity (Wildman–Crippen MR) is 84.4 cm³/mol. The molecule has 1 aliphatic heterocycles. The van der Waals surface area contributed by atoms with E-state index in [2.05, 4.69) is 4.98 Å². The number of amides is 1. The molecule has 1 amide bonds. The van der Waals surface area contributed by atoms with Gasteiger partial charge in [0.15, 0.2) is 0 Å². The van der Waals surface area contributed by atoms with Crippen molar-refractivity contribution < 1.29 is 14.7 Å². The molecule has 2 unspecified atom stereocenters. The quantitative estimate of drug-likeness (QED) is 0.920. The summed E-state index contributed by atoms with van der Waals surface area (Å²) in [7, 11) is 3.32. The number of nitrogens with zero attached hydrogens (tertiary/aromatic N) is 3. The van der Waals surface area contributed by atoms with Gasteiger partial charge in [0.1, 0.15) is 5.82 Å². The van der Waals surface area contributed by atoms with E-state index in [4.69, 9.17) is 11.6 Å². The van der Waals surface area contributed by atoms with Gasteiger partial charge in [-0.15, -0.1) is 0 Å². The van der Waals surface area contributed by atoms with E-state index >= 15 is 0 Å². The molecule has 1 aromatic heterocycles. The van der Waals surface area contributed by atoms with Crippen molar-refractivity contribution in [2.45, 2.75) is 13.3 Å². The van der Waals surface area contributed by atoms with Crippen LogP contribution in [0.5, 0.6) is 0 Å². The van der Waals surface area contributed by atoms with Crippen LogP contribution in [-0.4, -0.2) is 54.1 Å². The van der Waals surface area contributed by atoms with Gasteiger partial charge in [0, 0.05) is 33.4 Å². The van der Waals surface area contributed by atoms with Gasteiger partial charge in [0.25, 0.3) is 5.91 Å². The SMILES string of the molecule is CC1CC(C(=O)O)CN(c2ncc(C(=O)N(C)C)cc2Cl)C1. The lowest BCUT2D eigenvalue weighted by Crippen LogP contribution is -2.43. The fourth-order valence-corrected chi connectivity index (χ4v) is 3.03. The van der Waals surface area contributed by atoms with Crippen molar-refractivity contribution in [3.05, 3.63) is 22.8 Å². The normalized spacial score (nSPS) is 21.5. The maximum atomic E-state index is 11.9. The molecule has 1 aliphatic rings. The van der Waals surface area contributed by atoms with Gasteiger partial charge >= 0.3 is 5.97 Å². The highest BCUT2D eigenvalue weighted by Crippen LogP contribution is 2.30. The van der Waals surface area contributed by atoms with Crippen LogP contribution in [0.4, 0.5) is 5.82 Å². The molecule has 1 saturated heterocycles. The zero-order chi connectivity index (χ0) is 16.4. The first kappa shape index (κ1) is 16.5. The molecule has 7 heteroatoms. The van der Waals surface area contributed by atoms with E-state index < -0.39 is 11.9 Å². The first-order valence-electron chi connectivity index (χ1n) is 7.14. The monoisotopic (exact) mass is 325 g/mol. The Morgan fingerprint density at radius 2 is 2.09 bits per heavy atom. The third kappa shape index (κ3) is 3.50. The second kappa shape index (κ2) is 6.52. The number of rotatable bonds is 3. The summed E-state index contributed by atoms with van der Waals surface area (Å²) in [5.41, 5.74) is 0.415. The number of pyridine rings is 1. The van der Waals surface area contributed by atoms with Gasteiger partial charge in [-0.05, 0) is 18.4 Å². The van der Waals surface area contributed by atoms with Crippen molar-refractivity contribution in [2.75, 3.05) is 32.1 Å². The summed E-state index contributed by atoms with van der Waals surface area (Å²) in [4.78, 5) is 30.8. The number of aliphatic carboxylic acids is 1. The molecule has 22 heavy (non-hydrogen) atoms. The number of halogens is 1. The highest BCUT2D eigenvalue weighted by Gasteiger charge is 2.31. The molecule has 6 nitrogen and oxygen atoms in total. The zero-order valence-corrected chi connectivity index (χ0v) is 13.7. The Morgan fingerprint density at radius 3 is 2.64 bits per heavy atom. The molecule has 0 bridgehead atoms. The highest BCUT2D eigenvalue weighted by molar-refractivity contribution is 6.33. The standard InChI is InChI=1S/C15H20ClN3O3/c1-9-4-11(15(21)22)8-19(7-9)13-12(16)5-10(6-17-13)14(20)18(2)3/h5-6,9,11H,4,7-8H2,1-3H3,(H,21,22). The molecule has 2 rings (SSSR count). The number of hydrogen-bond acceptors (Lipinski definition) is 4. The van der Waals surface area contributed by atoms with Gasteiger partial charge in [0.05, 0.1) is 16.5 Å². The van der Waals surface area contributed by atoms with Gasteiger partial charge in [-0.3, -0.25) is 9.59 Å². The average molecular weight is 326 g/mol. The van der Waals surface area contributed by atoms with Gasteiger partial charge in [-0.2, -0.15) is 0 Å². The first-order valence-corrected chi connectivity index (χ1v) is 7.52. The van der Waals surface area contributed by atoms with Crippen LogP contribution in [0, 0.1) is 11.8 Å². The summed E-state index contributed by atoms with van der Waals surface area (Å²) in [6.45, 7) is 3.10. The van der Waals surface area contributed by atoms with Crippen molar-refractivity contribution >= 4 is 29.3 Å². The summed E-state index contributed by atoms with van der Waals surface area (Å²) in [5, 5.41) is 9.60. The molecule has 0 spiro atoms. The summed E-state index contributed by atoms with van der Waals surface area (Å²) in [5.74, 6) is -0.612. The van der Waals surface area contributed by atoms with E-state index in [0.717, 1.165) is 0 Å². The molecule has 0 aliphatic carbocycles. The van der Waals surface area contributed by atoms with E-state index in [1.807, 2.05) is 11.8 Å². The first-order chi connectivity index (χ1) is 10.3. The number of piperidine rings is 1. The Hall–Kier alpha value is -1.82. The number of carbonyl (C=O) groups excluding carboxylic acids is 1. The van der Waals surface area contributed by atoms with Crippen LogP contribution in [0.25, 0.3) is 0 Å². The molecule has 120 valence electrons. The Bertz CT molecular complexity index is 591. The Kier molecular flexibility index (Phi) is 4.90. The zero-order valence-electron chi connectivity index (χ0n) is 12.9.